The van der Waals surface area contributed by atoms with E-state index in [1.54, 1.807) is 18.4 Å². The van der Waals surface area contributed by atoms with Crippen molar-refractivity contribution < 1.29 is 9.47 Å². The summed E-state index contributed by atoms with van der Waals surface area (Å²) in [5.41, 5.74) is 1.43. The van der Waals surface area contributed by atoms with Crippen LogP contribution in [0.25, 0.3) is 11.5 Å². The number of aromatic amines is 1. The van der Waals surface area contributed by atoms with E-state index in [-0.39, 0.29) is 0 Å². The highest BCUT2D eigenvalue weighted by molar-refractivity contribution is 9.10. The molecule has 0 saturated carbocycles. The van der Waals surface area contributed by atoms with E-state index in [1.165, 1.54) is 4.88 Å². The molecule has 1 fully saturated rings. The second-order valence-corrected chi connectivity index (χ2v) is 9.61. The average molecular weight is 516 g/mol. The molecule has 0 amide bonds. The lowest BCUT2D eigenvalue weighted by Crippen LogP contribution is -2.30. The lowest BCUT2D eigenvalue weighted by molar-refractivity contribution is 0.182. The van der Waals surface area contributed by atoms with Gasteiger partial charge in [0.1, 0.15) is 5.69 Å². The van der Waals surface area contributed by atoms with Crippen molar-refractivity contribution in [3.63, 3.8) is 0 Å². The topological polar surface area (TPSA) is 81.1 Å². The van der Waals surface area contributed by atoms with Gasteiger partial charge in [-0.3, -0.25) is 9.67 Å². The Kier molecular flexibility index (Phi) is 7.09. The summed E-state index contributed by atoms with van der Waals surface area (Å²) < 4.78 is 14.2. The number of thiophene rings is 1. The molecule has 1 aliphatic rings. The monoisotopic (exact) mass is 514 g/mol. The number of hydrogen-bond donors (Lipinski definition) is 1. The Morgan fingerprint density at radius 1 is 1.47 bits per heavy atom. The molecular formula is C19H24BrClN6O2S. The zero-order valence-electron chi connectivity index (χ0n) is 16.9. The van der Waals surface area contributed by atoms with Gasteiger partial charge in [-0.2, -0.15) is 5.10 Å². The van der Waals surface area contributed by atoms with Crippen molar-refractivity contribution in [2.45, 2.75) is 26.4 Å². The van der Waals surface area contributed by atoms with Gasteiger partial charge in [-0.25, -0.2) is 0 Å². The first kappa shape index (κ1) is 21.8. The van der Waals surface area contributed by atoms with Crippen LogP contribution in [-0.2, 0) is 22.6 Å². The quantitative estimate of drug-likeness (QED) is 0.461. The van der Waals surface area contributed by atoms with Crippen LogP contribution in [0.15, 0.2) is 15.9 Å². The zero-order chi connectivity index (χ0) is 21.1. The molecule has 0 aliphatic carbocycles. The number of rotatable bonds is 9. The fourth-order valence-electron chi connectivity index (χ4n) is 3.50. The van der Waals surface area contributed by atoms with Gasteiger partial charge in [0.05, 0.1) is 30.5 Å². The molecule has 4 rings (SSSR count). The van der Waals surface area contributed by atoms with Crippen LogP contribution in [0.3, 0.4) is 0 Å². The summed E-state index contributed by atoms with van der Waals surface area (Å²) >= 11 is 11.8. The summed E-state index contributed by atoms with van der Waals surface area (Å²) in [4.78, 5) is 3.42. The van der Waals surface area contributed by atoms with Crippen LogP contribution in [0.1, 0.15) is 17.0 Å². The molecule has 0 bridgehead atoms. The number of anilines is 1. The predicted molar refractivity (Wildman–Crippen MR) is 121 cm³/mol. The van der Waals surface area contributed by atoms with Crippen molar-refractivity contribution in [1.29, 1.82) is 0 Å². The van der Waals surface area contributed by atoms with Crippen molar-refractivity contribution >= 4 is 44.8 Å². The van der Waals surface area contributed by atoms with E-state index in [0.29, 0.717) is 42.2 Å². The Morgan fingerprint density at radius 2 is 2.33 bits per heavy atom. The molecule has 3 aromatic heterocycles. The fraction of sp³-hybridized carbons (Fsp3) is 0.526. The Labute approximate surface area is 192 Å². The summed E-state index contributed by atoms with van der Waals surface area (Å²) in [6.45, 7) is 6.16. The molecule has 1 aliphatic heterocycles. The molecule has 0 radical (unpaired) electrons. The van der Waals surface area contributed by atoms with Crippen molar-refractivity contribution in [2.75, 3.05) is 38.4 Å². The highest BCUT2D eigenvalue weighted by Gasteiger charge is 2.27. The van der Waals surface area contributed by atoms with Gasteiger partial charge >= 0.3 is 0 Å². The average Bonchev–Trinajstić information content (AvgIpc) is 3.51. The first-order valence-corrected chi connectivity index (χ1v) is 11.8. The first-order valence-electron chi connectivity index (χ1n) is 9.75. The second kappa shape index (κ2) is 9.78. The largest absolute Gasteiger partial charge is 0.383 e. The van der Waals surface area contributed by atoms with Crippen LogP contribution in [0, 0.1) is 12.8 Å². The Bertz CT molecular complexity index is 984. The van der Waals surface area contributed by atoms with Gasteiger partial charge in [0.15, 0.2) is 5.82 Å². The Morgan fingerprint density at radius 3 is 2.97 bits per heavy atom. The maximum atomic E-state index is 6.50. The van der Waals surface area contributed by atoms with Crippen LogP contribution in [0.2, 0.25) is 5.02 Å². The smallest absolute Gasteiger partial charge is 0.227 e. The highest BCUT2D eigenvalue weighted by Crippen LogP contribution is 2.32. The van der Waals surface area contributed by atoms with Gasteiger partial charge in [-0.15, -0.1) is 21.5 Å². The summed E-state index contributed by atoms with van der Waals surface area (Å²) in [6, 6.07) is 2.13. The van der Waals surface area contributed by atoms with Crippen molar-refractivity contribution in [2.24, 2.45) is 5.92 Å². The van der Waals surface area contributed by atoms with E-state index in [9.17, 15) is 0 Å². The van der Waals surface area contributed by atoms with Gasteiger partial charge in [-0.1, -0.05) is 11.6 Å². The Hall–Kier alpha value is -1.46. The normalized spacial score (nSPS) is 16.5. The second-order valence-electron chi connectivity index (χ2n) is 7.32. The molecule has 1 atom stereocenters. The number of H-pyrrole nitrogens is 1. The van der Waals surface area contributed by atoms with Gasteiger partial charge in [-0.05, 0) is 35.3 Å². The number of hydrogen-bond acceptors (Lipinski definition) is 7. The lowest BCUT2D eigenvalue weighted by Gasteiger charge is -2.24. The van der Waals surface area contributed by atoms with Crippen LogP contribution in [-0.4, -0.2) is 58.4 Å². The molecule has 8 nitrogen and oxygen atoms in total. The molecule has 0 aromatic carbocycles. The number of nitrogens with zero attached hydrogens (tertiary/aromatic N) is 5. The van der Waals surface area contributed by atoms with E-state index in [2.05, 4.69) is 57.2 Å². The van der Waals surface area contributed by atoms with E-state index in [1.807, 2.05) is 6.92 Å². The van der Waals surface area contributed by atoms with Crippen LogP contribution in [0.4, 0.5) is 5.95 Å². The molecule has 11 heteroatoms. The summed E-state index contributed by atoms with van der Waals surface area (Å²) in [5.74, 6) is 1.86. The molecule has 162 valence electrons. The minimum atomic E-state index is 0.400. The van der Waals surface area contributed by atoms with Crippen molar-refractivity contribution in [3.8, 4) is 11.5 Å². The van der Waals surface area contributed by atoms with E-state index in [0.717, 1.165) is 42.3 Å². The summed E-state index contributed by atoms with van der Waals surface area (Å²) in [5, 5.41) is 19.0. The standard InChI is InChI=1S/C19H24BrClN6O2S/c1-12-16(21)17(23-22-12)18-24-25-19(27(18)8-13-3-5-29-10-13)26(4-6-28-2)9-15-7-14(20)11-30-15/h7,11,13H,3-6,8-10H2,1-2H3,(H,22,23). The number of methoxy groups -OCH3 is 1. The minimum Gasteiger partial charge on any atom is -0.383 e. The van der Waals surface area contributed by atoms with Gasteiger partial charge in [0.2, 0.25) is 5.95 Å². The van der Waals surface area contributed by atoms with Gasteiger partial charge in [0.25, 0.3) is 0 Å². The molecule has 30 heavy (non-hydrogen) atoms. The molecule has 1 unspecified atom stereocenters. The van der Waals surface area contributed by atoms with E-state index >= 15 is 0 Å². The maximum absolute atomic E-state index is 6.50. The van der Waals surface area contributed by atoms with Gasteiger partial charge < -0.3 is 14.4 Å². The predicted octanol–water partition coefficient (Wildman–Crippen LogP) is 4.14. The third kappa shape index (κ3) is 4.72. The lowest BCUT2D eigenvalue weighted by atomic mass is 10.1. The first-order chi connectivity index (χ1) is 14.6. The van der Waals surface area contributed by atoms with Crippen LogP contribution >= 0.6 is 38.9 Å². The number of aromatic nitrogens is 5. The SMILES string of the molecule is COCCN(Cc1cc(Br)cs1)c1nnc(-c2n[nH]c(C)c2Cl)n1CC1CCOC1. The number of aryl methyl sites for hydroxylation is 1. The zero-order valence-corrected chi connectivity index (χ0v) is 20.1. The number of ether oxygens (including phenoxy) is 2. The summed E-state index contributed by atoms with van der Waals surface area (Å²) in [7, 11) is 1.71. The maximum Gasteiger partial charge on any atom is 0.227 e. The van der Waals surface area contributed by atoms with E-state index in [4.69, 9.17) is 21.1 Å². The van der Waals surface area contributed by atoms with Crippen LogP contribution < -0.4 is 4.90 Å². The molecule has 4 heterocycles. The van der Waals surface area contributed by atoms with Crippen molar-refractivity contribution in [3.05, 3.63) is 31.5 Å². The molecule has 0 spiro atoms. The summed E-state index contributed by atoms with van der Waals surface area (Å²) in [6.07, 6.45) is 1.01. The molecule has 1 N–H and O–H groups in total. The highest BCUT2D eigenvalue weighted by atomic mass is 79.9. The third-order valence-corrected chi connectivity index (χ3v) is 7.24. The molecular weight excluding hydrogens is 492 g/mol. The molecule has 3 aromatic rings. The Balaban J connectivity index is 1.72. The van der Waals surface area contributed by atoms with E-state index < -0.39 is 0 Å². The van der Waals surface area contributed by atoms with Gasteiger partial charge in [0, 0.05) is 47.5 Å². The minimum absolute atomic E-state index is 0.400. The molecule has 1 saturated heterocycles. The number of halogens is 2. The van der Waals surface area contributed by atoms with Crippen LogP contribution in [0.5, 0.6) is 0 Å². The third-order valence-electron chi connectivity index (χ3n) is 5.10. The number of nitrogens with one attached hydrogen (secondary N) is 1. The van der Waals surface area contributed by atoms with Crippen molar-refractivity contribution in [1.82, 2.24) is 25.0 Å². The fourth-order valence-corrected chi connectivity index (χ4v) is 5.13.